The number of hydrogen-bond acceptors (Lipinski definition) is 4. The summed E-state index contributed by atoms with van der Waals surface area (Å²) in [5.74, 6) is -1.71. The Labute approximate surface area is 145 Å². The van der Waals surface area contributed by atoms with Crippen molar-refractivity contribution in [1.29, 1.82) is 0 Å². The Morgan fingerprint density at radius 3 is 2.58 bits per heavy atom. The average molecular weight is 348 g/mol. The maximum atomic E-state index is 11.8. The highest BCUT2D eigenvalue weighted by molar-refractivity contribution is 7.80. The Bertz CT molecular complexity index is 717. The smallest absolute Gasteiger partial charge is 0.304 e. The van der Waals surface area contributed by atoms with Gasteiger partial charge >= 0.3 is 5.97 Å². The molecular weight excluding hydrogens is 328 g/mol. The molecule has 0 aliphatic carbocycles. The predicted octanol–water partition coefficient (Wildman–Crippen LogP) is 2.58. The van der Waals surface area contributed by atoms with Crippen LogP contribution in [0, 0.1) is 5.92 Å². The van der Waals surface area contributed by atoms with Crippen LogP contribution in [0.5, 0.6) is 0 Å². The van der Waals surface area contributed by atoms with Crippen LogP contribution in [-0.4, -0.2) is 34.3 Å². The number of rotatable bonds is 5. The van der Waals surface area contributed by atoms with Gasteiger partial charge in [-0.25, -0.2) is 0 Å². The van der Waals surface area contributed by atoms with Crippen molar-refractivity contribution < 1.29 is 19.5 Å². The number of carbonyl (C=O) groups excluding carboxylic acids is 2. The van der Waals surface area contributed by atoms with Gasteiger partial charge in [0.2, 0.25) is 5.91 Å². The number of carbonyl (C=O) groups is 3. The number of carboxylic acids is 1. The van der Waals surface area contributed by atoms with Gasteiger partial charge in [-0.15, -0.1) is 0 Å². The molecule has 0 fully saturated rings. The number of aliphatic carboxylic acids is 1. The topological polar surface area (TPSA) is 86.7 Å². The van der Waals surface area contributed by atoms with E-state index in [0.717, 1.165) is 11.3 Å². The molecular formula is C17H20N2O4S. The number of benzene rings is 1. The van der Waals surface area contributed by atoms with Gasteiger partial charge in [0.15, 0.2) is 0 Å². The number of anilines is 2. The fourth-order valence-corrected chi connectivity index (χ4v) is 3.02. The third kappa shape index (κ3) is 3.79. The van der Waals surface area contributed by atoms with Crippen LogP contribution in [0.15, 0.2) is 18.2 Å². The zero-order valence-corrected chi connectivity index (χ0v) is 14.6. The fourth-order valence-electron chi connectivity index (χ4n) is 2.74. The van der Waals surface area contributed by atoms with Gasteiger partial charge in [0.25, 0.3) is 0 Å². The molecule has 2 unspecified atom stereocenters. The lowest BCUT2D eigenvalue weighted by molar-refractivity contribution is -0.137. The Kier molecular flexibility index (Phi) is 5.33. The minimum atomic E-state index is -0.907. The molecule has 128 valence electrons. The maximum absolute atomic E-state index is 11.8. The van der Waals surface area contributed by atoms with E-state index in [4.69, 9.17) is 17.3 Å². The minimum absolute atomic E-state index is 0.0276. The Morgan fingerprint density at radius 1 is 1.38 bits per heavy atom. The molecule has 0 spiro atoms. The summed E-state index contributed by atoms with van der Waals surface area (Å²) >= 11 is 5.24. The number of amides is 1. The maximum Gasteiger partial charge on any atom is 0.304 e. The van der Waals surface area contributed by atoms with E-state index < -0.39 is 11.9 Å². The van der Waals surface area contributed by atoms with Crippen LogP contribution >= 0.6 is 12.2 Å². The summed E-state index contributed by atoms with van der Waals surface area (Å²) in [4.78, 5) is 36.3. The molecule has 0 bridgehead atoms. The zero-order chi connectivity index (χ0) is 18.0. The van der Waals surface area contributed by atoms with Gasteiger partial charge in [0.1, 0.15) is 5.78 Å². The van der Waals surface area contributed by atoms with Crippen molar-refractivity contribution in [2.75, 3.05) is 16.8 Å². The first-order valence-electron chi connectivity index (χ1n) is 7.66. The predicted molar refractivity (Wildman–Crippen MR) is 95.5 cm³/mol. The van der Waals surface area contributed by atoms with E-state index in [-0.39, 0.29) is 24.0 Å². The summed E-state index contributed by atoms with van der Waals surface area (Å²) in [6.07, 6.45) is -0.0471. The van der Waals surface area contributed by atoms with E-state index in [0.29, 0.717) is 17.2 Å². The largest absolute Gasteiger partial charge is 0.481 e. The number of fused-ring (bicyclic) bond motifs is 1. The van der Waals surface area contributed by atoms with Gasteiger partial charge in [0.05, 0.1) is 17.3 Å². The summed E-state index contributed by atoms with van der Waals surface area (Å²) < 4.78 is 0. The first-order valence-corrected chi connectivity index (χ1v) is 8.06. The van der Waals surface area contributed by atoms with Gasteiger partial charge in [0, 0.05) is 30.8 Å². The second-order valence-corrected chi connectivity index (χ2v) is 6.46. The van der Waals surface area contributed by atoms with Crippen molar-refractivity contribution >= 4 is 46.2 Å². The summed E-state index contributed by atoms with van der Waals surface area (Å²) in [6, 6.07) is 5.37. The van der Waals surface area contributed by atoms with Crippen LogP contribution in [0.3, 0.4) is 0 Å². The molecule has 1 aromatic carbocycles. The van der Waals surface area contributed by atoms with Crippen LogP contribution in [0.25, 0.3) is 0 Å². The third-order valence-electron chi connectivity index (χ3n) is 4.23. The molecule has 6 nitrogen and oxygen atoms in total. The summed E-state index contributed by atoms with van der Waals surface area (Å²) in [6.45, 7) is 5.03. The second kappa shape index (κ2) is 7.09. The standard InChI is InChI=1S/C17H20N2O4S/c1-9(10(2)20)17(24)18-13-4-5-15-14(7-13)12(6-16(22)23)8-19(15)11(3)21/h4-5,7,9,12H,6,8H2,1-3H3,(H,18,24)(H,22,23). The lowest BCUT2D eigenvalue weighted by atomic mass is 9.97. The zero-order valence-electron chi connectivity index (χ0n) is 13.8. The van der Waals surface area contributed by atoms with Crippen LogP contribution in [-0.2, 0) is 14.4 Å². The minimum Gasteiger partial charge on any atom is -0.481 e. The van der Waals surface area contributed by atoms with Gasteiger partial charge in [-0.1, -0.05) is 12.2 Å². The van der Waals surface area contributed by atoms with Gasteiger partial charge < -0.3 is 15.3 Å². The van der Waals surface area contributed by atoms with E-state index in [1.165, 1.54) is 13.8 Å². The summed E-state index contributed by atoms with van der Waals surface area (Å²) in [5.41, 5.74) is 2.22. The van der Waals surface area contributed by atoms with Gasteiger partial charge in [-0.05, 0) is 37.6 Å². The first kappa shape index (κ1) is 18.1. The molecule has 1 amide bonds. The van der Waals surface area contributed by atoms with E-state index >= 15 is 0 Å². The van der Waals surface area contributed by atoms with Crippen molar-refractivity contribution in [1.82, 2.24) is 0 Å². The number of ketones is 1. The van der Waals surface area contributed by atoms with Gasteiger partial charge in [-0.3, -0.25) is 14.4 Å². The van der Waals surface area contributed by atoms with Crippen molar-refractivity contribution in [3.05, 3.63) is 23.8 Å². The van der Waals surface area contributed by atoms with Crippen molar-refractivity contribution in [2.24, 2.45) is 5.92 Å². The Hall–Kier alpha value is -2.28. The molecule has 0 aromatic heterocycles. The normalized spacial score (nSPS) is 17.1. The molecule has 1 aliphatic heterocycles. The average Bonchev–Trinajstić information content (AvgIpc) is 2.84. The SMILES string of the molecule is CC(=O)C(C)C(=S)Nc1ccc2c(c1)C(CC(=O)O)CN2C(C)=O. The van der Waals surface area contributed by atoms with E-state index in [1.807, 2.05) is 6.07 Å². The van der Waals surface area contributed by atoms with Crippen LogP contribution in [0.4, 0.5) is 11.4 Å². The third-order valence-corrected chi connectivity index (χ3v) is 4.69. The fraction of sp³-hybridized carbons (Fsp3) is 0.412. The summed E-state index contributed by atoms with van der Waals surface area (Å²) in [5, 5.41) is 12.1. The molecule has 1 aliphatic rings. The lowest BCUT2D eigenvalue weighted by Gasteiger charge is -2.16. The monoisotopic (exact) mass is 348 g/mol. The number of hydrogen-bond donors (Lipinski definition) is 2. The van der Waals surface area contributed by atoms with E-state index in [9.17, 15) is 14.4 Å². The molecule has 2 rings (SSSR count). The number of carboxylic acid groups (broad SMARTS) is 1. The van der Waals surface area contributed by atoms with E-state index in [2.05, 4.69) is 5.32 Å². The molecule has 0 radical (unpaired) electrons. The number of thiocarbonyl (C=S) groups is 1. The molecule has 2 atom stereocenters. The quantitative estimate of drug-likeness (QED) is 0.796. The molecule has 1 aromatic rings. The molecule has 1 heterocycles. The Morgan fingerprint density at radius 2 is 2.04 bits per heavy atom. The van der Waals surface area contributed by atoms with E-state index in [1.54, 1.807) is 24.0 Å². The van der Waals surface area contributed by atoms with Crippen LogP contribution in [0.2, 0.25) is 0 Å². The molecule has 2 N–H and O–H groups in total. The summed E-state index contributed by atoms with van der Waals surface area (Å²) in [7, 11) is 0. The molecule has 0 saturated carbocycles. The van der Waals surface area contributed by atoms with Crippen LogP contribution in [0.1, 0.15) is 38.7 Å². The highest BCUT2D eigenvalue weighted by Crippen LogP contribution is 2.39. The highest BCUT2D eigenvalue weighted by atomic mass is 32.1. The van der Waals surface area contributed by atoms with Crippen molar-refractivity contribution in [3.8, 4) is 0 Å². The Balaban J connectivity index is 2.30. The van der Waals surface area contributed by atoms with Crippen molar-refractivity contribution in [3.63, 3.8) is 0 Å². The highest BCUT2D eigenvalue weighted by Gasteiger charge is 2.32. The molecule has 7 heteroatoms. The number of nitrogens with one attached hydrogen (secondary N) is 1. The molecule has 0 saturated heterocycles. The second-order valence-electron chi connectivity index (χ2n) is 6.02. The number of Topliss-reactive ketones (excluding diaryl/α,β-unsaturated/α-hetero) is 1. The first-order chi connectivity index (χ1) is 11.2. The van der Waals surface area contributed by atoms with Gasteiger partial charge in [-0.2, -0.15) is 0 Å². The van der Waals surface area contributed by atoms with Crippen LogP contribution < -0.4 is 10.2 Å². The lowest BCUT2D eigenvalue weighted by Crippen LogP contribution is -2.27. The van der Waals surface area contributed by atoms with Crippen molar-refractivity contribution in [2.45, 2.75) is 33.1 Å². The number of nitrogens with zero attached hydrogens (tertiary/aromatic N) is 1. The molecule has 24 heavy (non-hydrogen) atoms.